The second kappa shape index (κ2) is 10.8. The maximum atomic E-state index is 13.0. The van der Waals surface area contributed by atoms with E-state index in [0.717, 1.165) is 49.8 Å². The summed E-state index contributed by atoms with van der Waals surface area (Å²) in [6.07, 6.45) is -0.556. The SMILES string of the molecule is O=C(Nc1cc(C(F)(F)F)ccc1Cl)N(CCCN1CCOCC1)Cc1ccncc1. The summed E-state index contributed by atoms with van der Waals surface area (Å²) in [6.45, 7) is 4.60. The second-order valence-corrected chi connectivity index (χ2v) is 7.61. The first kappa shape index (κ1) is 23.3. The minimum absolute atomic E-state index is 0.0403. The average Bonchev–Trinajstić information content (AvgIpc) is 2.75. The molecule has 1 aliphatic rings. The van der Waals surface area contributed by atoms with E-state index >= 15 is 0 Å². The summed E-state index contributed by atoms with van der Waals surface area (Å²) in [7, 11) is 0. The van der Waals surface area contributed by atoms with Crippen LogP contribution >= 0.6 is 11.6 Å². The van der Waals surface area contributed by atoms with Gasteiger partial charge in [0.15, 0.2) is 0 Å². The normalized spacial score (nSPS) is 15.0. The molecule has 10 heteroatoms. The molecule has 1 fully saturated rings. The lowest BCUT2D eigenvalue weighted by Gasteiger charge is -2.28. The van der Waals surface area contributed by atoms with Crippen LogP contribution in [0.4, 0.5) is 23.7 Å². The molecule has 0 atom stereocenters. The number of morpholine rings is 1. The Kier molecular flexibility index (Phi) is 8.11. The minimum Gasteiger partial charge on any atom is -0.379 e. The van der Waals surface area contributed by atoms with E-state index in [4.69, 9.17) is 16.3 Å². The van der Waals surface area contributed by atoms with Crippen molar-refractivity contribution in [1.29, 1.82) is 0 Å². The fraction of sp³-hybridized carbons (Fsp3) is 0.429. The van der Waals surface area contributed by atoms with Gasteiger partial charge >= 0.3 is 12.2 Å². The number of hydrogen-bond donors (Lipinski definition) is 1. The Morgan fingerprint density at radius 3 is 2.58 bits per heavy atom. The zero-order chi connectivity index (χ0) is 22.3. The molecule has 1 aromatic heterocycles. The highest BCUT2D eigenvalue weighted by atomic mass is 35.5. The van der Waals surface area contributed by atoms with Gasteiger partial charge in [-0.2, -0.15) is 13.2 Å². The van der Waals surface area contributed by atoms with Gasteiger partial charge in [0, 0.05) is 45.1 Å². The highest BCUT2D eigenvalue weighted by Crippen LogP contribution is 2.34. The summed E-state index contributed by atoms with van der Waals surface area (Å²) in [5.74, 6) is 0. The number of hydrogen-bond acceptors (Lipinski definition) is 4. The molecular weight excluding hydrogens is 433 g/mol. The Morgan fingerprint density at radius 2 is 1.90 bits per heavy atom. The number of aromatic nitrogens is 1. The van der Waals surface area contributed by atoms with Crippen LogP contribution in [0, 0.1) is 0 Å². The number of halogens is 4. The molecule has 0 spiro atoms. The largest absolute Gasteiger partial charge is 0.416 e. The lowest BCUT2D eigenvalue weighted by molar-refractivity contribution is -0.137. The fourth-order valence-electron chi connectivity index (χ4n) is 3.26. The Morgan fingerprint density at radius 1 is 1.19 bits per heavy atom. The maximum absolute atomic E-state index is 13.0. The molecule has 1 aliphatic heterocycles. The summed E-state index contributed by atoms with van der Waals surface area (Å²) in [6, 6.07) is 5.93. The van der Waals surface area contributed by atoms with Crippen LogP contribution in [0.15, 0.2) is 42.7 Å². The molecule has 1 saturated heterocycles. The summed E-state index contributed by atoms with van der Waals surface area (Å²) in [4.78, 5) is 20.7. The number of carbonyl (C=O) groups is 1. The first-order valence-electron chi connectivity index (χ1n) is 9.94. The quantitative estimate of drug-likeness (QED) is 0.666. The molecule has 0 aliphatic carbocycles. The van der Waals surface area contributed by atoms with Gasteiger partial charge in [0.05, 0.1) is 29.5 Å². The fourth-order valence-corrected chi connectivity index (χ4v) is 3.43. The molecule has 1 N–H and O–H groups in total. The monoisotopic (exact) mass is 456 g/mol. The molecule has 0 bridgehead atoms. The van der Waals surface area contributed by atoms with Crippen molar-refractivity contribution < 1.29 is 22.7 Å². The van der Waals surface area contributed by atoms with Crippen LogP contribution in [-0.4, -0.2) is 60.2 Å². The molecule has 168 valence electrons. The van der Waals surface area contributed by atoms with Gasteiger partial charge in [-0.1, -0.05) is 11.6 Å². The van der Waals surface area contributed by atoms with Crippen molar-refractivity contribution in [3.63, 3.8) is 0 Å². The summed E-state index contributed by atoms with van der Waals surface area (Å²) in [5, 5.41) is 2.58. The zero-order valence-electron chi connectivity index (χ0n) is 16.9. The van der Waals surface area contributed by atoms with Gasteiger partial charge in [-0.3, -0.25) is 9.88 Å². The van der Waals surface area contributed by atoms with Gasteiger partial charge in [-0.15, -0.1) is 0 Å². The number of rotatable bonds is 7. The van der Waals surface area contributed by atoms with Gasteiger partial charge in [-0.05, 0) is 42.3 Å². The van der Waals surface area contributed by atoms with Crippen LogP contribution in [0.25, 0.3) is 0 Å². The molecule has 1 aromatic carbocycles. The Balaban J connectivity index is 1.69. The molecule has 2 amide bonds. The molecule has 3 rings (SSSR count). The van der Waals surface area contributed by atoms with Crippen molar-refractivity contribution in [1.82, 2.24) is 14.8 Å². The Labute approximate surface area is 183 Å². The summed E-state index contributed by atoms with van der Waals surface area (Å²) in [5.41, 5.74) is -0.0822. The Bertz CT molecular complexity index is 861. The van der Waals surface area contributed by atoms with E-state index in [1.54, 1.807) is 29.4 Å². The number of amides is 2. The third kappa shape index (κ3) is 7.09. The number of urea groups is 1. The number of nitrogens with zero attached hydrogens (tertiary/aromatic N) is 3. The lowest BCUT2D eigenvalue weighted by Crippen LogP contribution is -2.40. The van der Waals surface area contributed by atoms with Gasteiger partial charge in [0.2, 0.25) is 0 Å². The number of benzene rings is 1. The summed E-state index contributed by atoms with van der Waals surface area (Å²) >= 11 is 6.03. The van der Waals surface area contributed by atoms with E-state index in [2.05, 4.69) is 15.2 Å². The Hall–Kier alpha value is -2.36. The van der Waals surface area contributed by atoms with Gasteiger partial charge < -0.3 is 15.0 Å². The van der Waals surface area contributed by atoms with E-state index < -0.39 is 17.8 Å². The lowest BCUT2D eigenvalue weighted by atomic mass is 10.2. The van der Waals surface area contributed by atoms with Crippen LogP contribution in [0.1, 0.15) is 17.5 Å². The van der Waals surface area contributed by atoms with Crippen molar-refractivity contribution in [2.24, 2.45) is 0 Å². The van der Waals surface area contributed by atoms with Crippen molar-refractivity contribution >= 4 is 23.3 Å². The molecule has 0 radical (unpaired) electrons. The summed E-state index contributed by atoms with van der Waals surface area (Å²) < 4.78 is 44.5. The molecule has 0 saturated carbocycles. The number of pyridine rings is 1. The number of ether oxygens (including phenoxy) is 1. The first-order chi connectivity index (χ1) is 14.8. The maximum Gasteiger partial charge on any atom is 0.416 e. The van der Waals surface area contributed by atoms with Gasteiger partial charge in [0.1, 0.15) is 0 Å². The smallest absolute Gasteiger partial charge is 0.379 e. The molecule has 6 nitrogen and oxygen atoms in total. The van der Waals surface area contributed by atoms with E-state index in [0.29, 0.717) is 26.3 Å². The minimum atomic E-state index is -4.53. The standard InChI is InChI=1S/C21H24ClF3N4O2/c22-18-3-2-17(21(23,24)25)14-19(18)27-20(30)29(15-16-4-6-26-7-5-16)9-1-8-28-10-12-31-13-11-28/h2-7,14H,1,8-13,15H2,(H,27,30). The van der Waals surface area contributed by atoms with Gasteiger partial charge in [-0.25, -0.2) is 4.79 Å². The van der Waals surface area contributed by atoms with Crippen molar-refractivity contribution in [3.05, 3.63) is 58.9 Å². The topological polar surface area (TPSA) is 57.7 Å². The molecule has 0 unspecified atom stereocenters. The molecule has 31 heavy (non-hydrogen) atoms. The van der Waals surface area contributed by atoms with Crippen molar-refractivity contribution in [3.8, 4) is 0 Å². The predicted molar refractivity (Wildman–Crippen MR) is 112 cm³/mol. The number of nitrogens with one attached hydrogen (secondary N) is 1. The van der Waals surface area contributed by atoms with E-state index in [-0.39, 0.29) is 10.7 Å². The number of anilines is 1. The second-order valence-electron chi connectivity index (χ2n) is 7.21. The molecule has 2 aromatic rings. The predicted octanol–water partition coefficient (Wildman–Crippen LogP) is 4.51. The highest BCUT2D eigenvalue weighted by molar-refractivity contribution is 6.33. The van der Waals surface area contributed by atoms with Crippen LogP contribution < -0.4 is 5.32 Å². The van der Waals surface area contributed by atoms with E-state index in [1.165, 1.54) is 0 Å². The van der Waals surface area contributed by atoms with Crippen molar-refractivity contribution in [2.45, 2.75) is 19.1 Å². The van der Waals surface area contributed by atoms with Crippen LogP contribution in [-0.2, 0) is 17.5 Å². The average molecular weight is 457 g/mol. The third-order valence-corrected chi connectivity index (χ3v) is 5.28. The number of carbonyl (C=O) groups excluding carboxylic acids is 1. The zero-order valence-corrected chi connectivity index (χ0v) is 17.6. The van der Waals surface area contributed by atoms with E-state index in [1.807, 2.05) is 0 Å². The number of alkyl halides is 3. The highest BCUT2D eigenvalue weighted by Gasteiger charge is 2.31. The molecule has 2 heterocycles. The van der Waals surface area contributed by atoms with E-state index in [9.17, 15) is 18.0 Å². The van der Waals surface area contributed by atoms with Crippen LogP contribution in [0.3, 0.4) is 0 Å². The van der Waals surface area contributed by atoms with Gasteiger partial charge in [0.25, 0.3) is 0 Å². The van der Waals surface area contributed by atoms with Crippen molar-refractivity contribution in [2.75, 3.05) is 44.7 Å². The van der Waals surface area contributed by atoms with Crippen LogP contribution in [0.2, 0.25) is 5.02 Å². The van der Waals surface area contributed by atoms with Crippen LogP contribution in [0.5, 0.6) is 0 Å². The third-order valence-electron chi connectivity index (χ3n) is 4.95. The first-order valence-corrected chi connectivity index (χ1v) is 10.3. The molecular formula is C21H24ClF3N4O2.